The fraction of sp³-hybridized carbons (Fsp3) is 0.286. The minimum atomic E-state index is -1.05. The lowest BCUT2D eigenvalue weighted by atomic mass is 10.3. The second-order valence-electron chi connectivity index (χ2n) is 4.59. The summed E-state index contributed by atoms with van der Waals surface area (Å²) in [6, 6.07) is 7.03. The Bertz CT molecular complexity index is 623. The predicted molar refractivity (Wildman–Crippen MR) is 75.4 cm³/mol. The van der Waals surface area contributed by atoms with Gasteiger partial charge >= 0.3 is 5.97 Å². The van der Waals surface area contributed by atoms with Gasteiger partial charge in [0.25, 0.3) is 0 Å². The molecule has 0 aliphatic carbocycles. The molecule has 1 heterocycles. The summed E-state index contributed by atoms with van der Waals surface area (Å²) in [6.45, 7) is 4.03. The molecule has 1 N–H and O–H groups in total. The average molecular weight is 295 g/mol. The molecule has 0 radical (unpaired) electrons. The number of halogens is 1. The number of carboxylic acid groups (broad SMARTS) is 1. The molecule has 0 saturated carbocycles. The van der Waals surface area contributed by atoms with Crippen LogP contribution in [0.5, 0.6) is 5.75 Å². The van der Waals surface area contributed by atoms with Crippen molar-refractivity contribution in [3.05, 3.63) is 47.0 Å². The van der Waals surface area contributed by atoms with Gasteiger partial charge in [0.2, 0.25) is 5.82 Å². The van der Waals surface area contributed by atoms with Crippen molar-refractivity contribution in [3.8, 4) is 5.75 Å². The molecule has 0 unspecified atom stereocenters. The summed E-state index contributed by atoms with van der Waals surface area (Å²) in [5.41, 5.74) is 0.706. The molecule has 2 rings (SSSR count). The number of ether oxygens (including phenoxy) is 1. The average Bonchev–Trinajstić information content (AvgIpc) is 2.80. The Balaban J connectivity index is 2.19. The van der Waals surface area contributed by atoms with Crippen LogP contribution < -0.4 is 4.74 Å². The van der Waals surface area contributed by atoms with Gasteiger partial charge < -0.3 is 14.4 Å². The third-order valence-corrected chi connectivity index (χ3v) is 3.00. The summed E-state index contributed by atoms with van der Waals surface area (Å²) in [7, 11) is 0. The van der Waals surface area contributed by atoms with Crippen LogP contribution in [-0.2, 0) is 6.61 Å². The van der Waals surface area contributed by atoms with Crippen molar-refractivity contribution in [2.24, 2.45) is 0 Å². The van der Waals surface area contributed by atoms with Crippen LogP contribution in [0.3, 0.4) is 0 Å². The van der Waals surface area contributed by atoms with Gasteiger partial charge in [-0.2, -0.15) is 0 Å². The Morgan fingerprint density at radius 1 is 1.50 bits per heavy atom. The van der Waals surface area contributed by atoms with Crippen molar-refractivity contribution in [3.63, 3.8) is 0 Å². The second-order valence-corrected chi connectivity index (χ2v) is 5.02. The predicted octanol–water partition coefficient (Wildman–Crippen LogP) is 3.39. The Morgan fingerprint density at radius 3 is 2.85 bits per heavy atom. The molecule has 5 nitrogen and oxygen atoms in total. The van der Waals surface area contributed by atoms with Gasteiger partial charge in [-0.3, -0.25) is 0 Å². The molecule has 1 aromatic heterocycles. The second kappa shape index (κ2) is 5.96. The van der Waals surface area contributed by atoms with E-state index in [0.29, 0.717) is 16.5 Å². The highest BCUT2D eigenvalue weighted by molar-refractivity contribution is 6.30. The fourth-order valence-electron chi connectivity index (χ4n) is 1.95. The van der Waals surface area contributed by atoms with Crippen molar-refractivity contribution >= 4 is 17.6 Å². The molecule has 0 saturated heterocycles. The van der Waals surface area contributed by atoms with Crippen molar-refractivity contribution in [2.45, 2.75) is 26.5 Å². The van der Waals surface area contributed by atoms with Crippen molar-refractivity contribution in [1.82, 2.24) is 9.55 Å². The number of hydrogen-bond acceptors (Lipinski definition) is 3. The third-order valence-electron chi connectivity index (χ3n) is 2.76. The van der Waals surface area contributed by atoms with Gasteiger partial charge in [-0.05, 0) is 32.0 Å². The smallest absolute Gasteiger partial charge is 0.372 e. The Labute approximate surface area is 121 Å². The number of aromatic nitrogens is 2. The van der Waals surface area contributed by atoms with Gasteiger partial charge in [-0.1, -0.05) is 17.7 Å². The number of imidazole rings is 1. The van der Waals surface area contributed by atoms with E-state index in [9.17, 15) is 4.79 Å². The maximum Gasteiger partial charge on any atom is 0.372 e. The molecule has 106 valence electrons. The van der Waals surface area contributed by atoms with Gasteiger partial charge in [-0.15, -0.1) is 0 Å². The van der Waals surface area contributed by atoms with E-state index < -0.39 is 5.97 Å². The summed E-state index contributed by atoms with van der Waals surface area (Å²) < 4.78 is 7.26. The number of rotatable bonds is 5. The first-order chi connectivity index (χ1) is 9.49. The summed E-state index contributed by atoms with van der Waals surface area (Å²) in [4.78, 5) is 15.0. The molecule has 0 amide bonds. The van der Waals surface area contributed by atoms with Crippen LogP contribution in [-0.4, -0.2) is 20.6 Å². The van der Waals surface area contributed by atoms with E-state index in [1.54, 1.807) is 28.8 Å². The zero-order chi connectivity index (χ0) is 14.7. The molecule has 1 aromatic carbocycles. The largest absolute Gasteiger partial charge is 0.487 e. The summed E-state index contributed by atoms with van der Waals surface area (Å²) in [5, 5.41) is 9.70. The summed E-state index contributed by atoms with van der Waals surface area (Å²) in [6.07, 6.45) is 1.52. The van der Waals surface area contributed by atoms with E-state index in [4.69, 9.17) is 21.4 Å². The number of aromatic carboxylic acids is 1. The normalized spacial score (nSPS) is 10.8. The lowest BCUT2D eigenvalue weighted by Crippen LogP contribution is -2.15. The maximum atomic E-state index is 11.1. The topological polar surface area (TPSA) is 64.4 Å². The van der Waals surface area contributed by atoms with E-state index in [-0.39, 0.29) is 18.5 Å². The highest BCUT2D eigenvalue weighted by atomic mass is 35.5. The monoisotopic (exact) mass is 294 g/mol. The standard InChI is InChI=1S/C14H15ClN2O3/c1-9(2)17-11(7-16-13(17)14(18)19)8-20-12-5-3-4-10(15)6-12/h3-7,9H,8H2,1-2H3,(H,18,19). The molecular weight excluding hydrogens is 280 g/mol. The van der Waals surface area contributed by atoms with Crippen LogP contribution in [0.2, 0.25) is 5.02 Å². The zero-order valence-electron chi connectivity index (χ0n) is 11.2. The van der Waals surface area contributed by atoms with E-state index >= 15 is 0 Å². The van der Waals surface area contributed by atoms with Gasteiger partial charge in [0, 0.05) is 11.1 Å². The van der Waals surface area contributed by atoms with Crippen LogP contribution in [0.4, 0.5) is 0 Å². The van der Waals surface area contributed by atoms with Gasteiger partial charge in [0.05, 0.1) is 11.9 Å². The number of carbonyl (C=O) groups is 1. The van der Waals surface area contributed by atoms with E-state index in [0.717, 1.165) is 0 Å². The lowest BCUT2D eigenvalue weighted by Gasteiger charge is -2.14. The molecule has 0 spiro atoms. The van der Waals surface area contributed by atoms with Crippen LogP contribution >= 0.6 is 11.6 Å². The first-order valence-electron chi connectivity index (χ1n) is 6.17. The van der Waals surface area contributed by atoms with Gasteiger partial charge in [0.1, 0.15) is 12.4 Å². The quantitative estimate of drug-likeness (QED) is 0.918. The van der Waals surface area contributed by atoms with Crippen LogP contribution in [0.25, 0.3) is 0 Å². The number of nitrogens with zero attached hydrogens (tertiary/aromatic N) is 2. The molecular formula is C14H15ClN2O3. The number of hydrogen-bond donors (Lipinski definition) is 1. The lowest BCUT2D eigenvalue weighted by molar-refractivity contribution is 0.0675. The summed E-state index contributed by atoms with van der Waals surface area (Å²) in [5.74, 6) is -0.400. The highest BCUT2D eigenvalue weighted by Gasteiger charge is 2.18. The molecule has 0 aliphatic heterocycles. The maximum absolute atomic E-state index is 11.1. The fourth-order valence-corrected chi connectivity index (χ4v) is 2.13. The zero-order valence-corrected chi connectivity index (χ0v) is 12.0. The summed E-state index contributed by atoms with van der Waals surface area (Å²) >= 11 is 5.88. The Morgan fingerprint density at radius 2 is 2.25 bits per heavy atom. The van der Waals surface area contributed by atoms with Crippen molar-refractivity contribution in [2.75, 3.05) is 0 Å². The highest BCUT2D eigenvalue weighted by Crippen LogP contribution is 2.20. The Hall–Kier alpha value is -2.01. The number of carboxylic acids is 1. The minimum Gasteiger partial charge on any atom is -0.487 e. The SMILES string of the molecule is CC(C)n1c(COc2cccc(Cl)c2)cnc1C(=O)O. The molecule has 0 bridgehead atoms. The van der Waals surface area contributed by atoms with Crippen LogP contribution in [0, 0.1) is 0 Å². The molecule has 0 aliphatic rings. The van der Waals surface area contributed by atoms with Gasteiger partial charge in [-0.25, -0.2) is 9.78 Å². The third kappa shape index (κ3) is 3.11. The van der Waals surface area contributed by atoms with Crippen molar-refractivity contribution < 1.29 is 14.6 Å². The molecule has 20 heavy (non-hydrogen) atoms. The van der Waals surface area contributed by atoms with E-state index in [1.165, 1.54) is 6.20 Å². The molecule has 0 fully saturated rings. The Kier molecular flexibility index (Phi) is 4.29. The first-order valence-corrected chi connectivity index (χ1v) is 6.54. The molecule has 0 atom stereocenters. The van der Waals surface area contributed by atoms with Gasteiger partial charge in [0.15, 0.2) is 0 Å². The van der Waals surface area contributed by atoms with Crippen molar-refractivity contribution in [1.29, 1.82) is 0 Å². The number of benzene rings is 1. The first kappa shape index (κ1) is 14.4. The molecule has 6 heteroatoms. The molecule has 2 aromatic rings. The minimum absolute atomic E-state index is 0.0124. The van der Waals surface area contributed by atoms with Crippen LogP contribution in [0.1, 0.15) is 36.2 Å². The van der Waals surface area contributed by atoms with Crippen LogP contribution in [0.15, 0.2) is 30.5 Å². The van der Waals surface area contributed by atoms with E-state index in [1.807, 2.05) is 13.8 Å². The van der Waals surface area contributed by atoms with E-state index in [2.05, 4.69) is 4.98 Å².